The lowest BCUT2D eigenvalue weighted by Gasteiger charge is -2.37. The van der Waals surface area contributed by atoms with Gasteiger partial charge in [-0.15, -0.1) is 0 Å². The maximum atomic E-state index is 15.3. The highest BCUT2D eigenvalue weighted by Gasteiger charge is 2.52. The number of carboxylic acids is 1. The first kappa shape index (κ1) is 39.6. The number of fused-ring (bicyclic) bond motifs is 2. The Balaban J connectivity index is 1.29. The van der Waals surface area contributed by atoms with Crippen LogP contribution < -0.4 is 25.4 Å². The van der Waals surface area contributed by atoms with Crippen molar-refractivity contribution in [1.82, 2.24) is 10.6 Å². The minimum absolute atomic E-state index is 0.0481. The van der Waals surface area contributed by atoms with Gasteiger partial charge in [-0.25, -0.2) is 22.4 Å². The molecule has 2 aromatic carbocycles. The first-order chi connectivity index (χ1) is 24.6. The molecule has 0 heterocycles. The molecule has 3 aliphatic carbocycles. The highest BCUT2D eigenvalue weighted by Crippen LogP contribution is 2.49. The van der Waals surface area contributed by atoms with E-state index in [9.17, 15) is 45.9 Å². The van der Waals surface area contributed by atoms with E-state index in [4.69, 9.17) is 14.2 Å². The highest BCUT2D eigenvalue weighted by atomic mass is 32.2. The highest BCUT2D eigenvalue weighted by molar-refractivity contribution is 7.92. The molecule has 3 aliphatic rings. The summed E-state index contributed by atoms with van der Waals surface area (Å²) in [6.45, 7) is 4.92. The van der Waals surface area contributed by atoms with Gasteiger partial charge >= 0.3 is 17.6 Å². The molecule has 18 heteroatoms. The maximum Gasteiger partial charge on any atom is 0.501 e. The molecule has 0 radical (unpaired) electrons. The van der Waals surface area contributed by atoms with Gasteiger partial charge in [0.15, 0.2) is 11.6 Å². The van der Waals surface area contributed by atoms with E-state index in [0.29, 0.717) is 19.3 Å². The van der Waals surface area contributed by atoms with Crippen molar-refractivity contribution in [3.63, 3.8) is 0 Å². The number of carbonyl (C=O) groups is 4. The third-order valence-corrected chi connectivity index (χ3v) is 11.4. The molecule has 0 saturated heterocycles. The summed E-state index contributed by atoms with van der Waals surface area (Å²) in [6, 6.07) is 5.22. The second-order valence-corrected chi connectivity index (χ2v) is 16.6. The number of carboxylic acid groups (broad SMARTS) is 1. The second-order valence-electron chi connectivity index (χ2n) is 14.6. The Hall–Kier alpha value is -4.61. The van der Waals surface area contributed by atoms with Gasteiger partial charge in [0.05, 0.1) is 29.6 Å². The molecule has 0 unspecified atom stereocenters. The van der Waals surface area contributed by atoms with Crippen molar-refractivity contribution < 1.29 is 64.5 Å². The summed E-state index contributed by atoms with van der Waals surface area (Å²) >= 11 is 0. The number of alkyl halides is 3. The maximum absolute atomic E-state index is 15.3. The summed E-state index contributed by atoms with van der Waals surface area (Å²) in [5, 5.41) is 17.8. The summed E-state index contributed by atoms with van der Waals surface area (Å²) in [6.07, 6.45) is 0.499. The van der Waals surface area contributed by atoms with Crippen LogP contribution in [0.1, 0.15) is 76.1 Å². The zero-order valence-corrected chi connectivity index (χ0v) is 30.2. The number of rotatable bonds is 10. The minimum atomic E-state index is -5.66. The lowest BCUT2D eigenvalue weighted by atomic mass is 9.80. The summed E-state index contributed by atoms with van der Waals surface area (Å²) in [7, 11) is -4.43. The van der Waals surface area contributed by atoms with Gasteiger partial charge in [0.1, 0.15) is 16.9 Å². The molecule has 3 fully saturated rings. The summed E-state index contributed by atoms with van der Waals surface area (Å²) < 4.78 is 94.9. The molecule has 13 nitrogen and oxygen atoms in total. The predicted molar refractivity (Wildman–Crippen MR) is 179 cm³/mol. The van der Waals surface area contributed by atoms with Crippen LogP contribution in [-0.4, -0.2) is 73.3 Å². The molecule has 3 saturated carbocycles. The van der Waals surface area contributed by atoms with Gasteiger partial charge in [0, 0.05) is 17.8 Å². The predicted octanol–water partition coefficient (Wildman–Crippen LogP) is 5.58. The van der Waals surface area contributed by atoms with E-state index in [1.54, 1.807) is 20.8 Å². The van der Waals surface area contributed by atoms with Crippen LogP contribution in [0.25, 0.3) is 0 Å². The normalized spacial score (nSPS) is 25.6. The van der Waals surface area contributed by atoms with Gasteiger partial charge in [-0.05, 0) is 102 Å². The van der Waals surface area contributed by atoms with Crippen LogP contribution in [-0.2, 0) is 24.2 Å². The molecule has 0 aliphatic heterocycles. The Labute approximate surface area is 303 Å². The molecule has 290 valence electrons. The molecular formula is C35H41F4N3O10S. The number of alkyl carbamates (subject to hydrolysis) is 1. The summed E-state index contributed by atoms with van der Waals surface area (Å²) in [5.41, 5.74) is -8.30. The molecule has 5 rings (SSSR count). The second kappa shape index (κ2) is 14.7. The lowest BCUT2D eigenvalue weighted by molar-refractivity contribution is -0.147. The van der Waals surface area contributed by atoms with Gasteiger partial charge in [-0.2, -0.15) is 13.2 Å². The molecule has 2 bridgehead atoms. The minimum Gasteiger partial charge on any atom is -0.496 e. The number of methoxy groups -OCH3 is 1. The number of halogens is 4. The van der Waals surface area contributed by atoms with Crippen LogP contribution in [0.5, 0.6) is 11.5 Å². The standard InChI is InChI=1S/C35H41F4N3O10S/c1-33(2,3)52-32(47)42-34(31(45)46)12-10-21(11-13-34)51-26-16-23(25(50-4)17-24(26)36)29(43)41-28-19-9-8-18(14-19)27(28)30(44)40-20-6-5-7-22(15-20)53(48,49)35(37,38)39/h5-7,15-19,21,27-28H,8-14H2,1-4H3,(H,40,44)(H,41,43)(H,42,47)(H,45,46)/t18-,19+,21?,27+,28-,34?/m1/s1. The number of anilines is 1. The fourth-order valence-electron chi connectivity index (χ4n) is 7.45. The zero-order valence-electron chi connectivity index (χ0n) is 29.3. The van der Waals surface area contributed by atoms with Crippen LogP contribution >= 0.6 is 0 Å². The van der Waals surface area contributed by atoms with Crippen molar-refractivity contribution in [3.8, 4) is 11.5 Å². The first-order valence-corrected chi connectivity index (χ1v) is 18.4. The number of benzene rings is 2. The molecule has 4 atom stereocenters. The Bertz CT molecular complexity index is 1870. The molecule has 4 N–H and O–H groups in total. The van der Waals surface area contributed by atoms with Gasteiger partial charge < -0.3 is 35.3 Å². The van der Waals surface area contributed by atoms with Crippen molar-refractivity contribution in [2.45, 2.75) is 99.4 Å². The lowest BCUT2D eigenvalue weighted by Crippen LogP contribution is -2.58. The number of hydrogen-bond acceptors (Lipinski definition) is 9. The smallest absolute Gasteiger partial charge is 0.496 e. The van der Waals surface area contributed by atoms with Crippen molar-refractivity contribution in [2.75, 3.05) is 12.4 Å². The number of amides is 3. The third-order valence-electron chi connectivity index (χ3n) is 9.96. The average Bonchev–Trinajstić information content (AvgIpc) is 3.67. The number of nitrogens with one attached hydrogen (secondary N) is 3. The van der Waals surface area contributed by atoms with Crippen molar-refractivity contribution in [3.05, 3.63) is 47.8 Å². The number of aliphatic carboxylic acids is 1. The van der Waals surface area contributed by atoms with Crippen molar-refractivity contribution in [1.29, 1.82) is 0 Å². The topological polar surface area (TPSA) is 186 Å². The molecular weight excluding hydrogens is 730 g/mol. The van der Waals surface area contributed by atoms with Crippen LogP contribution in [0.4, 0.5) is 28.0 Å². The van der Waals surface area contributed by atoms with Crippen LogP contribution in [0, 0.1) is 23.6 Å². The molecule has 53 heavy (non-hydrogen) atoms. The number of ether oxygens (including phenoxy) is 3. The Morgan fingerprint density at radius 3 is 2.21 bits per heavy atom. The number of carbonyl (C=O) groups excluding carboxylic acids is 3. The van der Waals surface area contributed by atoms with Gasteiger partial charge in [-0.3, -0.25) is 9.59 Å². The molecule has 3 amide bonds. The summed E-state index contributed by atoms with van der Waals surface area (Å²) in [4.78, 5) is 50.9. The van der Waals surface area contributed by atoms with E-state index in [1.807, 2.05) is 0 Å². The van der Waals surface area contributed by atoms with Gasteiger partial charge in [-0.1, -0.05) is 6.07 Å². The largest absolute Gasteiger partial charge is 0.501 e. The third kappa shape index (κ3) is 8.47. The Morgan fingerprint density at radius 2 is 1.60 bits per heavy atom. The SMILES string of the molecule is COc1cc(F)c(OC2CCC(NC(=O)OC(C)(C)C)(C(=O)O)CC2)cc1C(=O)N[C@@H]1[C@H]2CC[C@H](C2)[C@@H]1C(=O)Nc1cccc(S(=O)(=O)C(F)(F)F)c1. The van der Waals surface area contributed by atoms with E-state index in [0.717, 1.165) is 30.3 Å². The van der Waals surface area contributed by atoms with E-state index in [2.05, 4.69) is 16.0 Å². The first-order valence-electron chi connectivity index (χ1n) is 17.0. The van der Waals surface area contributed by atoms with Gasteiger partial charge in [0.2, 0.25) is 5.91 Å². The van der Waals surface area contributed by atoms with E-state index in [-0.39, 0.29) is 60.3 Å². The monoisotopic (exact) mass is 771 g/mol. The van der Waals surface area contributed by atoms with Crippen LogP contribution in [0.15, 0.2) is 41.3 Å². The number of hydrogen-bond donors (Lipinski definition) is 4. The van der Waals surface area contributed by atoms with Crippen molar-refractivity contribution >= 4 is 39.4 Å². The fourth-order valence-corrected chi connectivity index (χ4v) is 8.26. The molecule has 0 spiro atoms. The van der Waals surface area contributed by atoms with E-state index in [1.165, 1.54) is 13.2 Å². The van der Waals surface area contributed by atoms with Gasteiger partial charge in [0.25, 0.3) is 15.7 Å². The Kier molecular flexibility index (Phi) is 11.0. The average molecular weight is 772 g/mol. The van der Waals surface area contributed by atoms with Crippen molar-refractivity contribution in [2.24, 2.45) is 17.8 Å². The van der Waals surface area contributed by atoms with E-state index < -0.39 is 79.1 Å². The molecule has 2 aromatic rings. The summed E-state index contributed by atoms with van der Waals surface area (Å²) in [5.74, 6) is -4.98. The molecule has 0 aromatic heterocycles. The Morgan fingerprint density at radius 1 is 0.943 bits per heavy atom. The van der Waals surface area contributed by atoms with E-state index >= 15 is 4.39 Å². The van der Waals surface area contributed by atoms with Crippen LogP contribution in [0.3, 0.4) is 0 Å². The fraction of sp³-hybridized carbons (Fsp3) is 0.543. The van der Waals surface area contributed by atoms with Crippen LogP contribution in [0.2, 0.25) is 0 Å². The zero-order chi connectivity index (χ0) is 39.1. The number of sulfone groups is 1. The quantitative estimate of drug-likeness (QED) is 0.222.